The molecule has 1 aliphatic heterocycles. The van der Waals surface area contributed by atoms with Crippen molar-refractivity contribution in [3.8, 4) is 17.7 Å². The van der Waals surface area contributed by atoms with Gasteiger partial charge in [0.05, 0.1) is 6.26 Å². The fourth-order valence-electron chi connectivity index (χ4n) is 3.17. The maximum atomic E-state index is 9.38. The Hall–Kier alpha value is -3.12. The summed E-state index contributed by atoms with van der Waals surface area (Å²) in [7, 11) is 0. The van der Waals surface area contributed by atoms with Crippen molar-refractivity contribution in [3.05, 3.63) is 35.9 Å². The molecule has 3 aromatic heterocycles. The molecule has 0 atom stereocenters. The van der Waals surface area contributed by atoms with Gasteiger partial charge in [0.15, 0.2) is 5.76 Å². The molecule has 0 spiro atoms. The summed E-state index contributed by atoms with van der Waals surface area (Å²) in [6, 6.07) is 5.64. The number of aryl methyl sites for hydroxylation is 2. The zero-order valence-corrected chi connectivity index (χ0v) is 15.1. The SMILES string of the molecule is Cc1nnc(CCCN2CCN(c3oc(-c4ccco4)nc3C#N)CC2)o1. The summed E-state index contributed by atoms with van der Waals surface area (Å²) in [6.07, 6.45) is 3.31. The number of nitriles is 1. The normalized spacial score (nSPS) is 15.2. The maximum absolute atomic E-state index is 9.38. The zero-order chi connectivity index (χ0) is 18.6. The Balaban J connectivity index is 1.32. The minimum Gasteiger partial charge on any atom is -0.459 e. The first-order valence-corrected chi connectivity index (χ1v) is 8.94. The van der Waals surface area contributed by atoms with E-state index in [0.717, 1.165) is 45.6 Å². The van der Waals surface area contributed by atoms with Gasteiger partial charge in [-0.15, -0.1) is 10.2 Å². The molecule has 1 saturated heterocycles. The first-order valence-electron chi connectivity index (χ1n) is 8.94. The van der Waals surface area contributed by atoms with E-state index < -0.39 is 0 Å². The van der Waals surface area contributed by atoms with E-state index in [2.05, 4.69) is 31.1 Å². The molecule has 0 saturated carbocycles. The molecule has 0 unspecified atom stereocenters. The Morgan fingerprint density at radius 3 is 2.70 bits per heavy atom. The van der Waals surface area contributed by atoms with Gasteiger partial charge in [-0.2, -0.15) is 10.2 Å². The number of hydrogen-bond donors (Lipinski definition) is 0. The monoisotopic (exact) mass is 368 g/mol. The zero-order valence-electron chi connectivity index (χ0n) is 15.1. The Kier molecular flexibility index (Phi) is 4.89. The Labute approximate surface area is 156 Å². The molecule has 1 fully saturated rings. The topological polar surface area (TPSA) is 108 Å². The van der Waals surface area contributed by atoms with E-state index >= 15 is 0 Å². The van der Waals surface area contributed by atoms with Crippen LogP contribution in [0, 0.1) is 18.3 Å². The molecule has 27 heavy (non-hydrogen) atoms. The van der Waals surface area contributed by atoms with Crippen LogP contribution in [0.15, 0.2) is 31.6 Å². The molecule has 0 radical (unpaired) electrons. The van der Waals surface area contributed by atoms with Gasteiger partial charge in [-0.25, -0.2) is 0 Å². The highest BCUT2D eigenvalue weighted by atomic mass is 16.4. The van der Waals surface area contributed by atoms with E-state index in [-0.39, 0.29) is 0 Å². The van der Waals surface area contributed by atoms with Crippen LogP contribution in [-0.2, 0) is 6.42 Å². The lowest BCUT2D eigenvalue weighted by molar-refractivity contribution is 0.248. The molecule has 9 heteroatoms. The van der Waals surface area contributed by atoms with Gasteiger partial charge in [0.2, 0.25) is 23.4 Å². The summed E-state index contributed by atoms with van der Waals surface area (Å²) in [6.45, 7) is 6.11. The second kappa shape index (κ2) is 7.63. The van der Waals surface area contributed by atoms with Crippen LogP contribution >= 0.6 is 0 Å². The smallest absolute Gasteiger partial charge is 0.266 e. The van der Waals surface area contributed by atoms with E-state index in [1.165, 1.54) is 0 Å². The van der Waals surface area contributed by atoms with Gasteiger partial charge in [-0.1, -0.05) is 0 Å². The van der Waals surface area contributed by atoms with Gasteiger partial charge in [0, 0.05) is 39.5 Å². The van der Waals surface area contributed by atoms with Gasteiger partial charge in [0.1, 0.15) is 6.07 Å². The predicted molar refractivity (Wildman–Crippen MR) is 94.9 cm³/mol. The van der Waals surface area contributed by atoms with Crippen LogP contribution in [0.4, 0.5) is 5.88 Å². The Morgan fingerprint density at radius 2 is 2.04 bits per heavy atom. The van der Waals surface area contributed by atoms with Crippen molar-refractivity contribution >= 4 is 5.88 Å². The highest BCUT2D eigenvalue weighted by Crippen LogP contribution is 2.29. The molecule has 0 amide bonds. The average Bonchev–Trinajstić information content (AvgIpc) is 3.42. The number of oxazole rings is 1. The summed E-state index contributed by atoms with van der Waals surface area (Å²) in [4.78, 5) is 8.70. The molecule has 0 bridgehead atoms. The molecular weight excluding hydrogens is 348 g/mol. The van der Waals surface area contributed by atoms with E-state index in [4.69, 9.17) is 13.3 Å². The van der Waals surface area contributed by atoms with Gasteiger partial charge >= 0.3 is 0 Å². The summed E-state index contributed by atoms with van der Waals surface area (Å²) in [5.74, 6) is 2.67. The van der Waals surface area contributed by atoms with Crippen LogP contribution in [0.2, 0.25) is 0 Å². The second-order valence-electron chi connectivity index (χ2n) is 6.41. The lowest BCUT2D eigenvalue weighted by Gasteiger charge is -2.34. The van der Waals surface area contributed by atoms with Gasteiger partial charge in [-0.05, 0) is 25.1 Å². The third kappa shape index (κ3) is 3.85. The molecule has 0 aromatic carbocycles. The molecule has 9 nitrogen and oxygen atoms in total. The lowest BCUT2D eigenvalue weighted by atomic mass is 10.2. The maximum Gasteiger partial charge on any atom is 0.266 e. The molecule has 0 N–H and O–H groups in total. The van der Waals surface area contributed by atoms with Crippen LogP contribution in [0.3, 0.4) is 0 Å². The van der Waals surface area contributed by atoms with Gasteiger partial charge in [-0.3, -0.25) is 4.90 Å². The van der Waals surface area contributed by atoms with Crippen molar-refractivity contribution in [2.24, 2.45) is 0 Å². The molecule has 0 aliphatic carbocycles. The molecule has 4 heterocycles. The largest absolute Gasteiger partial charge is 0.459 e. The molecule has 1 aliphatic rings. The number of aromatic nitrogens is 3. The minimum absolute atomic E-state index is 0.293. The van der Waals surface area contributed by atoms with Crippen molar-refractivity contribution in [1.29, 1.82) is 5.26 Å². The summed E-state index contributed by atoms with van der Waals surface area (Å²) < 4.78 is 16.5. The van der Waals surface area contributed by atoms with Crippen molar-refractivity contribution in [1.82, 2.24) is 20.1 Å². The Morgan fingerprint density at radius 1 is 1.19 bits per heavy atom. The number of anilines is 1. The third-order valence-corrected chi connectivity index (χ3v) is 4.54. The van der Waals surface area contributed by atoms with Crippen LogP contribution in [0.25, 0.3) is 11.7 Å². The van der Waals surface area contributed by atoms with Gasteiger partial charge < -0.3 is 18.2 Å². The van der Waals surface area contributed by atoms with E-state index in [1.807, 2.05) is 0 Å². The number of furan rings is 1. The first-order chi connectivity index (χ1) is 13.2. The fraction of sp³-hybridized carbons (Fsp3) is 0.444. The number of hydrogen-bond acceptors (Lipinski definition) is 9. The van der Waals surface area contributed by atoms with E-state index in [0.29, 0.717) is 35.0 Å². The lowest BCUT2D eigenvalue weighted by Crippen LogP contribution is -2.46. The fourth-order valence-corrected chi connectivity index (χ4v) is 3.17. The summed E-state index contributed by atoms with van der Waals surface area (Å²) >= 11 is 0. The average molecular weight is 368 g/mol. The van der Waals surface area contributed by atoms with Crippen molar-refractivity contribution in [2.75, 3.05) is 37.6 Å². The highest BCUT2D eigenvalue weighted by Gasteiger charge is 2.25. The van der Waals surface area contributed by atoms with E-state index in [1.54, 1.807) is 25.3 Å². The van der Waals surface area contributed by atoms with Gasteiger partial charge in [0.25, 0.3) is 5.89 Å². The van der Waals surface area contributed by atoms with Crippen LogP contribution in [-0.4, -0.2) is 52.8 Å². The van der Waals surface area contributed by atoms with Crippen LogP contribution in [0.5, 0.6) is 0 Å². The molecular formula is C18H20N6O3. The standard InChI is InChI=1S/C18H20N6O3/c1-13-21-22-16(26-13)5-2-6-23-7-9-24(10-8-23)18-14(12-19)20-17(27-18)15-4-3-11-25-15/h3-4,11H,2,5-10H2,1H3. The third-order valence-electron chi connectivity index (χ3n) is 4.54. The number of rotatable bonds is 6. The number of piperazine rings is 1. The van der Waals surface area contributed by atoms with Crippen molar-refractivity contribution in [3.63, 3.8) is 0 Å². The van der Waals surface area contributed by atoms with Crippen LogP contribution in [0.1, 0.15) is 23.9 Å². The van der Waals surface area contributed by atoms with Crippen molar-refractivity contribution < 1.29 is 13.3 Å². The predicted octanol–water partition coefficient (Wildman–Crippen LogP) is 2.25. The quantitative estimate of drug-likeness (QED) is 0.647. The molecule has 4 rings (SSSR count). The first kappa shape index (κ1) is 17.3. The molecule has 3 aromatic rings. The highest BCUT2D eigenvalue weighted by molar-refractivity contribution is 5.55. The minimum atomic E-state index is 0.293. The molecule has 140 valence electrons. The number of nitrogens with zero attached hydrogens (tertiary/aromatic N) is 6. The van der Waals surface area contributed by atoms with Crippen molar-refractivity contribution in [2.45, 2.75) is 19.8 Å². The summed E-state index contributed by atoms with van der Waals surface area (Å²) in [5, 5.41) is 17.2. The second-order valence-corrected chi connectivity index (χ2v) is 6.41. The Bertz CT molecular complexity index is 915. The summed E-state index contributed by atoms with van der Waals surface area (Å²) in [5.41, 5.74) is 0.293. The van der Waals surface area contributed by atoms with Crippen LogP contribution < -0.4 is 4.90 Å². The van der Waals surface area contributed by atoms with E-state index in [9.17, 15) is 5.26 Å².